The molecule has 0 aliphatic carbocycles. The summed E-state index contributed by atoms with van der Waals surface area (Å²) in [5, 5.41) is 8.41. The predicted octanol–water partition coefficient (Wildman–Crippen LogP) is 0.685. The van der Waals surface area contributed by atoms with Crippen LogP contribution in [0.5, 0.6) is 0 Å². The molecule has 0 saturated carbocycles. The quantitative estimate of drug-likeness (QED) is 0.643. The molecule has 1 rings (SSSR count). The van der Waals surface area contributed by atoms with Gasteiger partial charge in [0.1, 0.15) is 0 Å². The van der Waals surface area contributed by atoms with Crippen LogP contribution in [-0.4, -0.2) is 55.1 Å². The van der Waals surface area contributed by atoms with Crippen molar-refractivity contribution in [2.75, 3.05) is 26.2 Å². The Bertz CT molecular complexity index is 316. The first kappa shape index (κ1) is 16.9. The lowest BCUT2D eigenvalue weighted by atomic mass is 10.1. The van der Waals surface area contributed by atoms with E-state index in [2.05, 4.69) is 27.8 Å². The van der Waals surface area contributed by atoms with Gasteiger partial charge in [0, 0.05) is 19.1 Å². The first-order valence-corrected chi connectivity index (χ1v) is 7.64. The molecule has 0 aromatic heterocycles. The second-order valence-corrected chi connectivity index (χ2v) is 5.31. The molecule has 1 aliphatic rings. The number of imide groups is 1. The van der Waals surface area contributed by atoms with Crippen molar-refractivity contribution in [3.8, 4) is 0 Å². The molecule has 20 heavy (non-hydrogen) atoms. The Morgan fingerprint density at radius 3 is 2.70 bits per heavy atom. The number of carbonyl (C=O) groups excluding carboxylic acids is 2. The minimum Gasteiger partial charge on any atom is -0.338 e. The zero-order valence-electron chi connectivity index (χ0n) is 12.9. The number of rotatable bonds is 7. The fourth-order valence-corrected chi connectivity index (χ4v) is 2.51. The van der Waals surface area contributed by atoms with Crippen LogP contribution in [0, 0.1) is 0 Å². The molecule has 1 aliphatic heterocycles. The summed E-state index contributed by atoms with van der Waals surface area (Å²) in [4.78, 5) is 25.6. The fraction of sp³-hybridized carbons (Fsp3) is 0.857. The van der Waals surface area contributed by atoms with Crippen LogP contribution in [0.25, 0.3) is 0 Å². The smallest absolute Gasteiger partial charge is 0.321 e. The van der Waals surface area contributed by atoms with Crippen molar-refractivity contribution < 1.29 is 9.59 Å². The number of hydrogen-bond acceptors (Lipinski definition) is 4. The van der Waals surface area contributed by atoms with Crippen molar-refractivity contribution >= 4 is 11.9 Å². The van der Waals surface area contributed by atoms with Gasteiger partial charge >= 0.3 is 6.03 Å². The number of urea groups is 1. The van der Waals surface area contributed by atoms with E-state index in [4.69, 9.17) is 0 Å². The van der Waals surface area contributed by atoms with Crippen LogP contribution >= 0.6 is 0 Å². The van der Waals surface area contributed by atoms with Gasteiger partial charge in [0.25, 0.3) is 0 Å². The number of nitrogens with one attached hydrogen (secondary N) is 3. The summed E-state index contributed by atoms with van der Waals surface area (Å²) >= 11 is 0. The van der Waals surface area contributed by atoms with Crippen molar-refractivity contribution in [3.05, 3.63) is 0 Å². The number of hydrogen-bond donors (Lipinski definition) is 3. The SMILES string of the molecule is CCCN(CC1CCCN1)C(C)C(=O)NC(=O)NCC. The van der Waals surface area contributed by atoms with Gasteiger partial charge in [0.05, 0.1) is 6.04 Å². The van der Waals surface area contributed by atoms with E-state index in [1.54, 1.807) is 0 Å². The largest absolute Gasteiger partial charge is 0.338 e. The Labute approximate surface area is 121 Å². The van der Waals surface area contributed by atoms with Gasteiger partial charge < -0.3 is 10.6 Å². The molecule has 3 N–H and O–H groups in total. The van der Waals surface area contributed by atoms with Crippen molar-refractivity contribution in [2.24, 2.45) is 0 Å². The van der Waals surface area contributed by atoms with Crippen LogP contribution in [0.4, 0.5) is 4.79 Å². The molecule has 6 heteroatoms. The first-order valence-electron chi connectivity index (χ1n) is 7.64. The molecular weight excluding hydrogens is 256 g/mol. The second kappa shape index (κ2) is 8.92. The number of nitrogens with zero attached hydrogens (tertiary/aromatic N) is 1. The Morgan fingerprint density at radius 2 is 2.15 bits per heavy atom. The van der Waals surface area contributed by atoms with E-state index >= 15 is 0 Å². The van der Waals surface area contributed by atoms with Crippen LogP contribution in [0.3, 0.4) is 0 Å². The molecule has 1 heterocycles. The third kappa shape index (κ3) is 5.46. The standard InChI is InChI=1S/C14H28N4O2/c1-4-9-18(10-12-7-6-8-16-12)11(3)13(19)17-14(20)15-5-2/h11-12,16H,4-10H2,1-3H3,(H2,15,17,19,20). The molecule has 0 aromatic carbocycles. The second-order valence-electron chi connectivity index (χ2n) is 5.31. The topological polar surface area (TPSA) is 73.5 Å². The predicted molar refractivity (Wildman–Crippen MR) is 79.6 cm³/mol. The molecule has 0 spiro atoms. The van der Waals surface area contributed by atoms with Gasteiger partial charge in [0.15, 0.2) is 0 Å². The fourth-order valence-electron chi connectivity index (χ4n) is 2.51. The van der Waals surface area contributed by atoms with E-state index in [0.717, 1.165) is 32.5 Å². The van der Waals surface area contributed by atoms with E-state index in [1.165, 1.54) is 6.42 Å². The molecule has 6 nitrogen and oxygen atoms in total. The molecule has 1 saturated heterocycles. The van der Waals surface area contributed by atoms with E-state index in [0.29, 0.717) is 12.6 Å². The Balaban J connectivity index is 2.50. The number of carbonyl (C=O) groups is 2. The van der Waals surface area contributed by atoms with E-state index < -0.39 is 6.03 Å². The zero-order chi connectivity index (χ0) is 15.0. The summed E-state index contributed by atoms with van der Waals surface area (Å²) < 4.78 is 0. The summed E-state index contributed by atoms with van der Waals surface area (Å²) in [6.07, 6.45) is 3.35. The molecule has 3 amide bonds. The molecule has 2 unspecified atom stereocenters. The van der Waals surface area contributed by atoms with Gasteiger partial charge in [-0.25, -0.2) is 4.79 Å². The first-order chi connectivity index (χ1) is 9.58. The van der Waals surface area contributed by atoms with Gasteiger partial charge in [0.2, 0.25) is 5.91 Å². The Morgan fingerprint density at radius 1 is 1.40 bits per heavy atom. The highest BCUT2D eigenvalue weighted by Gasteiger charge is 2.25. The third-order valence-electron chi connectivity index (χ3n) is 3.63. The minimum atomic E-state index is -0.417. The van der Waals surface area contributed by atoms with Gasteiger partial charge in [-0.05, 0) is 46.2 Å². The molecule has 116 valence electrons. The van der Waals surface area contributed by atoms with Crippen molar-refractivity contribution in [3.63, 3.8) is 0 Å². The molecule has 0 bridgehead atoms. The van der Waals surface area contributed by atoms with Crippen LogP contribution in [0.2, 0.25) is 0 Å². The van der Waals surface area contributed by atoms with Crippen LogP contribution in [0.1, 0.15) is 40.0 Å². The highest BCUT2D eigenvalue weighted by Crippen LogP contribution is 2.10. The molecular formula is C14H28N4O2. The van der Waals surface area contributed by atoms with Crippen LogP contribution in [-0.2, 0) is 4.79 Å². The van der Waals surface area contributed by atoms with E-state index in [1.807, 2.05) is 13.8 Å². The molecule has 0 radical (unpaired) electrons. The van der Waals surface area contributed by atoms with Crippen molar-refractivity contribution in [1.82, 2.24) is 20.9 Å². The van der Waals surface area contributed by atoms with Gasteiger partial charge in [-0.3, -0.25) is 15.0 Å². The Hall–Kier alpha value is -1.14. The molecule has 1 fully saturated rings. The summed E-state index contributed by atoms with van der Waals surface area (Å²) in [5.74, 6) is -0.234. The maximum Gasteiger partial charge on any atom is 0.321 e. The average molecular weight is 284 g/mol. The van der Waals surface area contributed by atoms with Gasteiger partial charge in [-0.2, -0.15) is 0 Å². The summed E-state index contributed by atoms with van der Waals surface area (Å²) in [5.41, 5.74) is 0. The minimum absolute atomic E-state index is 0.234. The maximum atomic E-state index is 12.1. The number of amides is 3. The average Bonchev–Trinajstić information content (AvgIpc) is 2.90. The van der Waals surface area contributed by atoms with Gasteiger partial charge in [-0.15, -0.1) is 0 Å². The summed E-state index contributed by atoms with van der Waals surface area (Å²) in [6, 6.07) is -0.249. The lowest BCUT2D eigenvalue weighted by Crippen LogP contribution is -2.52. The van der Waals surface area contributed by atoms with E-state index in [-0.39, 0.29) is 11.9 Å². The third-order valence-corrected chi connectivity index (χ3v) is 3.63. The van der Waals surface area contributed by atoms with Crippen LogP contribution in [0.15, 0.2) is 0 Å². The van der Waals surface area contributed by atoms with Crippen molar-refractivity contribution in [1.29, 1.82) is 0 Å². The molecule has 0 aromatic rings. The Kier molecular flexibility index (Phi) is 7.54. The highest BCUT2D eigenvalue weighted by molar-refractivity contribution is 5.96. The maximum absolute atomic E-state index is 12.1. The molecule has 2 atom stereocenters. The van der Waals surface area contributed by atoms with Gasteiger partial charge in [-0.1, -0.05) is 6.92 Å². The van der Waals surface area contributed by atoms with Crippen molar-refractivity contribution in [2.45, 2.75) is 52.1 Å². The van der Waals surface area contributed by atoms with E-state index in [9.17, 15) is 9.59 Å². The summed E-state index contributed by atoms with van der Waals surface area (Å²) in [7, 11) is 0. The highest BCUT2D eigenvalue weighted by atomic mass is 16.2. The van der Waals surface area contributed by atoms with Crippen LogP contribution < -0.4 is 16.0 Å². The zero-order valence-corrected chi connectivity index (χ0v) is 12.9. The lowest BCUT2D eigenvalue weighted by Gasteiger charge is -2.30. The normalized spacial score (nSPS) is 19.9. The summed E-state index contributed by atoms with van der Waals surface area (Å²) in [6.45, 7) is 9.08. The monoisotopic (exact) mass is 284 g/mol. The lowest BCUT2D eigenvalue weighted by molar-refractivity contribution is -0.124.